The number of aliphatic hydroxyl groups excluding tert-OH is 2. The second-order valence-electron chi connectivity index (χ2n) is 5.15. The normalized spacial score (nSPS) is 15.1. The number of allylic oxidation sites excluding steroid dienone is 2. The molecular weight excluding hydrogens is 344 g/mol. The Labute approximate surface area is 146 Å². The van der Waals surface area contributed by atoms with Crippen molar-refractivity contribution >= 4 is 23.5 Å². The van der Waals surface area contributed by atoms with E-state index < -0.39 is 0 Å². The zero-order chi connectivity index (χ0) is 15.2. The summed E-state index contributed by atoms with van der Waals surface area (Å²) < 4.78 is 0. The molecular formula is C17H22CuN2O3-. The maximum absolute atomic E-state index is 8.56. The van der Waals surface area contributed by atoms with Gasteiger partial charge in [-0.05, 0) is 30.7 Å². The van der Waals surface area contributed by atoms with Crippen molar-refractivity contribution in [2.45, 2.75) is 32.5 Å². The van der Waals surface area contributed by atoms with Crippen molar-refractivity contribution in [3.05, 3.63) is 57.8 Å². The molecule has 0 bridgehead atoms. The number of rotatable bonds is 2. The summed E-state index contributed by atoms with van der Waals surface area (Å²) >= 11 is 0. The number of fused-ring (bicyclic) bond motifs is 3. The summed E-state index contributed by atoms with van der Waals surface area (Å²) in [7, 11) is 0. The molecule has 1 aromatic carbocycles. The summed E-state index contributed by atoms with van der Waals surface area (Å²) in [5.41, 5.74) is 1.95. The van der Waals surface area contributed by atoms with Crippen LogP contribution in [0.25, 0.3) is 22.8 Å². The van der Waals surface area contributed by atoms with E-state index in [0.29, 0.717) is 6.42 Å². The molecule has 23 heavy (non-hydrogen) atoms. The van der Waals surface area contributed by atoms with Crippen LogP contribution in [0.4, 0.5) is 11.4 Å². The van der Waals surface area contributed by atoms with E-state index in [9.17, 15) is 0 Å². The van der Waals surface area contributed by atoms with Gasteiger partial charge >= 0.3 is 17.1 Å². The summed E-state index contributed by atoms with van der Waals surface area (Å²) in [6.07, 6.45) is 11.3. The van der Waals surface area contributed by atoms with E-state index in [0.717, 1.165) is 21.8 Å². The maximum Gasteiger partial charge on any atom is 1.00 e. The van der Waals surface area contributed by atoms with E-state index in [-0.39, 0.29) is 34.8 Å². The summed E-state index contributed by atoms with van der Waals surface area (Å²) in [4.78, 5) is 0. The number of hydrogen-bond acceptors (Lipinski definition) is 2. The van der Waals surface area contributed by atoms with Gasteiger partial charge in [-0.3, -0.25) is 0 Å². The first-order valence-corrected chi connectivity index (χ1v) is 7.02. The molecule has 2 atom stereocenters. The predicted octanol–water partition coefficient (Wildman–Crippen LogP) is 1.62. The van der Waals surface area contributed by atoms with Gasteiger partial charge in [-0.25, -0.2) is 0 Å². The average Bonchev–Trinajstić information content (AvgIpc) is 2.46. The van der Waals surface area contributed by atoms with Crippen LogP contribution in [0, 0.1) is 0 Å². The molecule has 0 spiro atoms. The minimum Gasteiger partial charge on any atom is -0.665 e. The fourth-order valence-corrected chi connectivity index (χ4v) is 2.17. The molecule has 0 saturated heterocycles. The molecule has 0 amide bonds. The quantitative estimate of drug-likeness (QED) is 0.778. The van der Waals surface area contributed by atoms with Gasteiger partial charge < -0.3 is 26.3 Å². The zero-order valence-corrected chi connectivity index (χ0v) is 14.0. The van der Waals surface area contributed by atoms with Gasteiger partial charge in [0.05, 0.1) is 12.2 Å². The zero-order valence-electron chi connectivity index (χ0n) is 13.1. The van der Waals surface area contributed by atoms with Crippen molar-refractivity contribution in [2.24, 2.45) is 0 Å². The molecule has 0 radical (unpaired) electrons. The van der Waals surface area contributed by atoms with Crippen LogP contribution in [-0.2, 0) is 17.1 Å². The third-order valence-corrected chi connectivity index (χ3v) is 3.03. The van der Waals surface area contributed by atoms with Crippen molar-refractivity contribution in [1.29, 1.82) is 0 Å². The molecule has 5 nitrogen and oxygen atoms in total. The molecule has 0 aromatic heterocycles. The van der Waals surface area contributed by atoms with E-state index in [2.05, 4.69) is 34.9 Å². The fourth-order valence-electron chi connectivity index (χ4n) is 2.17. The molecule has 4 N–H and O–H groups in total. The monoisotopic (exact) mass is 365 g/mol. The molecule has 6 heteroatoms. The van der Waals surface area contributed by atoms with Gasteiger partial charge in [0.2, 0.25) is 0 Å². The Kier molecular flexibility index (Phi) is 9.56. The van der Waals surface area contributed by atoms with E-state index >= 15 is 0 Å². The van der Waals surface area contributed by atoms with Crippen LogP contribution in [0.2, 0.25) is 0 Å². The minimum absolute atomic E-state index is 0. The summed E-state index contributed by atoms with van der Waals surface area (Å²) in [6, 6.07) is 4.15. The second-order valence-corrected chi connectivity index (χ2v) is 5.15. The van der Waals surface area contributed by atoms with Gasteiger partial charge in [0.1, 0.15) is 0 Å². The molecule has 2 unspecified atom stereocenters. The Bertz CT molecular complexity index is 610. The first-order valence-electron chi connectivity index (χ1n) is 7.02. The Morgan fingerprint density at radius 2 is 1.26 bits per heavy atom. The fraction of sp³-hybridized carbons (Fsp3) is 0.294. The molecule has 2 heterocycles. The van der Waals surface area contributed by atoms with E-state index in [1.54, 1.807) is 26.2 Å². The standard InChI is InChI=1S/C12H8N2.C5H12O2.Cu.H2O/c1-3-9-5-6-10-4-2-8-14-12(10)11(9)13-7-1;1-4(6)3-5(2)7;;/h1-8H;4-7H,3H2,1-2H3;;1H2/q-2;;+1;. The molecule has 130 valence electrons. The summed E-state index contributed by atoms with van der Waals surface area (Å²) in [5.74, 6) is 0. The Morgan fingerprint density at radius 1 is 0.870 bits per heavy atom. The van der Waals surface area contributed by atoms with Crippen molar-refractivity contribution in [3.63, 3.8) is 0 Å². The molecule has 2 aliphatic rings. The topological polar surface area (TPSA) is 100 Å². The Morgan fingerprint density at radius 3 is 1.57 bits per heavy atom. The van der Waals surface area contributed by atoms with Gasteiger partial charge in [-0.1, -0.05) is 36.4 Å². The predicted molar refractivity (Wildman–Crippen MR) is 90.5 cm³/mol. The van der Waals surface area contributed by atoms with E-state index in [1.165, 1.54) is 0 Å². The SMILES string of the molecule is C1=C[N-]c2c3c(ccc2=C1)=CC=C[N-]3.CC(O)CC(C)O.O.[Cu+]. The largest absolute Gasteiger partial charge is 1.00 e. The van der Waals surface area contributed by atoms with Crippen LogP contribution in [0.5, 0.6) is 0 Å². The number of nitrogens with zero attached hydrogens (tertiary/aromatic N) is 2. The van der Waals surface area contributed by atoms with Gasteiger partial charge in [0, 0.05) is 0 Å². The van der Waals surface area contributed by atoms with Gasteiger partial charge in [0.15, 0.2) is 0 Å². The van der Waals surface area contributed by atoms with Crippen LogP contribution in [0.3, 0.4) is 0 Å². The average molecular weight is 366 g/mol. The first-order chi connectivity index (χ1) is 10.1. The minimum atomic E-state index is -0.375. The van der Waals surface area contributed by atoms with Crippen LogP contribution in [0.1, 0.15) is 20.3 Å². The van der Waals surface area contributed by atoms with Crippen LogP contribution >= 0.6 is 0 Å². The van der Waals surface area contributed by atoms with E-state index in [4.69, 9.17) is 10.2 Å². The Balaban J connectivity index is 0.000000474. The second kappa shape index (κ2) is 10.3. The number of aliphatic hydroxyl groups is 2. The smallest absolute Gasteiger partial charge is 0.665 e. The summed E-state index contributed by atoms with van der Waals surface area (Å²) in [5, 5.41) is 28.1. The van der Waals surface area contributed by atoms with Gasteiger partial charge in [-0.2, -0.15) is 12.4 Å². The summed E-state index contributed by atoms with van der Waals surface area (Å²) in [6.45, 7) is 3.32. The first kappa shape index (κ1) is 21.4. The van der Waals surface area contributed by atoms with E-state index in [1.807, 2.05) is 12.2 Å². The van der Waals surface area contributed by atoms with Crippen molar-refractivity contribution < 1.29 is 32.8 Å². The third kappa shape index (κ3) is 6.22. The Hall–Kier alpha value is -1.56. The maximum atomic E-state index is 8.56. The number of hydrogen-bond donors (Lipinski definition) is 2. The van der Waals surface area contributed by atoms with Crippen molar-refractivity contribution in [1.82, 2.24) is 0 Å². The molecule has 0 aliphatic carbocycles. The molecule has 1 aromatic rings. The van der Waals surface area contributed by atoms with Crippen molar-refractivity contribution in [2.75, 3.05) is 0 Å². The molecule has 0 fully saturated rings. The van der Waals surface area contributed by atoms with Crippen LogP contribution < -0.4 is 10.4 Å². The number of benzene rings is 1. The van der Waals surface area contributed by atoms with Crippen molar-refractivity contribution in [3.8, 4) is 0 Å². The van der Waals surface area contributed by atoms with Gasteiger partial charge in [0.25, 0.3) is 0 Å². The third-order valence-electron chi connectivity index (χ3n) is 3.03. The van der Waals surface area contributed by atoms with Gasteiger partial charge in [-0.15, -0.1) is 11.4 Å². The van der Waals surface area contributed by atoms with Crippen LogP contribution in [0.15, 0.2) is 36.7 Å². The van der Waals surface area contributed by atoms with Crippen LogP contribution in [-0.4, -0.2) is 27.9 Å². The molecule has 3 rings (SSSR count). The molecule has 2 aliphatic heterocycles. The molecule has 0 saturated carbocycles.